The molecule has 0 bridgehead atoms. The molecule has 0 radical (unpaired) electrons. The van der Waals surface area contributed by atoms with E-state index in [-0.39, 0.29) is 0 Å². The lowest BCUT2D eigenvalue weighted by Crippen LogP contribution is -2.26. The van der Waals surface area contributed by atoms with Crippen molar-refractivity contribution >= 4 is 0 Å². The van der Waals surface area contributed by atoms with Gasteiger partial charge in [0.25, 0.3) is 0 Å². The van der Waals surface area contributed by atoms with Crippen LogP contribution in [0.5, 0.6) is 0 Å². The van der Waals surface area contributed by atoms with Crippen molar-refractivity contribution in [3.05, 3.63) is 12.2 Å². The molecule has 0 aliphatic carbocycles. The Bertz CT molecular complexity index is 169. The predicted molar refractivity (Wildman–Crippen MR) is 72.6 cm³/mol. The fraction of sp³-hybridized carbons (Fsp3) is 0.846. The van der Waals surface area contributed by atoms with E-state index in [9.17, 15) is 0 Å². The van der Waals surface area contributed by atoms with Gasteiger partial charge in [0, 0.05) is 6.67 Å². The van der Waals surface area contributed by atoms with Crippen molar-refractivity contribution in [1.82, 2.24) is 16.0 Å². The fourth-order valence-corrected chi connectivity index (χ4v) is 1.87. The minimum atomic E-state index is 0.705. The first-order chi connectivity index (χ1) is 7.76. The van der Waals surface area contributed by atoms with Crippen molar-refractivity contribution < 1.29 is 0 Å². The highest BCUT2D eigenvalue weighted by atomic mass is 15.0. The molecule has 0 heterocycles. The zero-order chi connectivity index (χ0) is 12.2. The van der Waals surface area contributed by atoms with E-state index in [1.165, 1.54) is 6.42 Å². The summed E-state index contributed by atoms with van der Waals surface area (Å²) in [6.45, 7) is 7.62. The van der Waals surface area contributed by atoms with Gasteiger partial charge < -0.3 is 16.0 Å². The average molecular weight is 227 g/mol. The number of nitrogens with one attached hydrogen (secondary N) is 3. The lowest BCUT2D eigenvalue weighted by molar-refractivity contribution is 0.403. The van der Waals surface area contributed by atoms with Gasteiger partial charge in [-0.25, -0.2) is 0 Å². The van der Waals surface area contributed by atoms with Crippen molar-refractivity contribution in [2.24, 2.45) is 11.8 Å². The molecule has 1 unspecified atom stereocenters. The number of allylic oxidation sites excluding steroid dienone is 1. The Hall–Kier alpha value is -0.380. The molecular weight excluding hydrogens is 198 g/mol. The van der Waals surface area contributed by atoms with E-state index in [4.69, 9.17) is 0 Å². The minimum Gasteiger partial charge on any atom is -0.319 e. The standard InChI is InChI=1S/C13H29N3/c1-5-13(12(2)10-14-3)8-6-7-9-16-11-15-4/h6,8,12-16H,5,7,9-11H2,1-4H3/b8-6-/t12?,13-/m0/s1. The van der Waals surface area contributed by atoms with E-state index >= 15 is 0 Å². The Labute approximate surface area is 101 Å². The van der Waals surface area contributed by atoms with Gasteiger partial charge in [-0.1, -0.05) is 26.0 Å². The van der Waals surface area contributed by atoms with Crippen LogP contribution in [0.3, 0.4) is 0 Å². The van der Waals surface area contributed by atoms with Gasteiger partial charge in [0.2, 0.25) is 0 Å². The molecule has 2 atom stereocenters. The summed E-state index contributed by atoms with van der Waals surface area (Å²) in [5, 5.41) is 9.62. The molecule has 3 heteroatoms. The highest BCUT2D eigenvalue weighted by Gasteiger charge is 2.10. The summed E-state index contributed by atoms with van der Waals surface area (Å²) >= 11 is 0. The number of rotatable bonds is 10. The predicted octanol–water partition coefficient (Wildman–Crippen LogP) is 1.58. The van der Waals surface area contributed by atoms with Crippen LogP contribution >= 0.6 is 0 Å². The lowest BCUT2D eigenvalue weighted by Gasteiger charge is -2.18. The zero-order valence-electron chi connectivity index (χ0n) is 11.3. The molecule has 0 aromatic heterocycles. The van der Waals surface area contributed by atoms with Gasteiger partial charge in [0.15, 0.2) is 0 Å². The second kappa shape index (κ2) is 11.1. The Morgan fingerprint density at radius 3 is 2.50 bits per heavy atom. The molecule has 0 aromatic carbocycles. The van der Waals surface area contributed by atoms with Crippen LogP contribution in [0.2, 0.25) is 0 Å². The topological polar surface area (TPSA) is 36.1 Å². The smallest absolute Gasteiger partial charge is 0.0451 e. The number of hydrogen-bond acceptors (Lipinski definition) is 3. The van der Waals surface area contributed by atoms with Crippen molar-refractivity contribution in [2.75, 3.05) is 33.9 Å². The minimum absolute atomic E-state index is 0.705. The summed E-state index contributed by atoms with van der Waals surface area (Å²) in [6, 6.07) is 0. The van der Waals surface area contributed by atoms with Gasteiger partial charge in [-0.3, -0.25) is 0 Å². The largest absolute Gasteiger partial charge is 0.319 e. The molecule has 0 aromatic rings. The number of hydrogen-bond donors (Lipinski definition) is 3. The van der Waals surface area contributed by atoms with Crippen LogP contribution in [0.15, 0.2) is 12.2 Å². The van der Waals surface area contributed by atoms with Gasteiger partial charge in [0.1, 0.15) is 0 Å². The maximum absolute atomic E-state index is 3.31. The van der Waals surface area contributed by atoms with Crippen LogP contribution in [0.25, 0.3) is 0 Å². The summed E-state index contributed by atoms with van der Waals surface area (Å²) in [5.74, 6) is 1.42. The van der Waals surface area contributed by atoms with Gasteiger partial charge in [0.05, 0.1) is 0 Å². The highest BCUT2D eigenvalue weighted by molar-refractivity contribution is 4.90. The normalized spacial score (nSPS) is 15.5. The molecule has 0 rings (SSSR count). The molecule has 0 aliphatic heterocycles. The third-order valence-corrected chi connectivity index (χ3v) is 2.90. The third kappa shape index (κ3) is 7.85. The van der Waals surface area contributed by atoms with Crippen LogP contribution in [0.4, 0.5) is 0 Å². The van der Waals surface area contributed by atoms with E-state index in [1.54, 1.807) is 0 Å². The highest BCUT2D eigenvalue weighted by Crippen LogP contribution is 2.16. The summed E-state index contributed by atoms with van der Waals surface area (Å²) in [6.07, 6.45) is 7.03. The Kier molecular flexibility index (Phi) is 10.9. The van der Waals surface area contributed by atoms with Crippen LogP contribution in [-0.2, 0) is 0 Å². The third-order valence-electron chi connectivity index (χ3n) is 2.90. The van der Waals surface area contributed by atoms with E-state index in [1.807, 2.05) is 14.1 Å². The molecule has 0 spiro atoms. The van der Waals surface area contributed by atoms with Gasteiger partial charge in [-0.05, 0) is 51.9 Å². The molecule has 96 valence electrons. The van der Waals surface area contributed by atoms with Crippen LogP contribution in [0, 0.1) is 11.8 Å². The van der Waals surface area contributed by atoms with Gasteiger partial charge in [-0.2, -0.15) is 0 Å². The second-order valence-corrected chi connectivity index (χ2v) is 4.35. The summed E-state index contributed by atoms with van der Waals surface area (Å²) < 4.78 is 0. The van der Waals surface area contributed by atoms with Crippen molar-refractivity contribution in [1.29, 1.82) is 0 Å². The van der Waals surface area contributed by atoms with Gasteiger partial charge in [-0.15, -0.1) is 0 Å². The molecule has 0 fully saturated rings. The van der Waals surface area contributed by atoms with E-state index in [0.717, 1.165) is 32.1 Å². The fourth-order valence-electron chi connectivity index (χ4n) is 1.87. The zero-order valence-corrected chi connectivity index (χ0v) is 11.3. The summed E-state index contributed by atoms with van der Waals surface area (Å²) in [4.78, 5) is 0. The van der Waals surface area contributed by atoms with Crippen molar-refractivity contribution in [2.45, 2.75) is 26.7 Å². The van der Waals surface area contributed by atoms with Crippen LogP contribution in [0.1, 0.15) is 26.7 Å². The van der Waals surface area contributed by atoms with E-state index in [2.05, 4.69) is 41.9 Å². The van der Waals surface area contributed by atoms with E-state index < -0.39 is 0 Å². The first-order valence-corrected chi connectivity index (χ1v) is 6.42. The van der Waals surface area contributed by atoms with E-state index in [0.29, 0.717) is 5.92 Å². The second-order valence-electron chi connectivity index (χ2n) is 4.35. The first-order valence-electron chi connectivity index (χ1n) is 6.42. The Balaban J connectivity index is 3.70. The molecular formula is C13H29N3. The van der Waals surface area contributed by atoms with Crippen molar-refractivity contribution in [3.8, 4) is 0 Å². The summed E-state index contributed by atoms with van der Waals surface area (Å²) in [5.41, 5.74) is 0. The Morgan fingerprint density at radius 1 is 1.19 bits per heavy atom. The summed E-state index contributed by atoms with van der Waals surface area (Å²) in [7, 11) is 3.98. The molecule has 0 amide bonds. The lowest BCUT2D eigenvalue weighted by atomic mass is 9.91. The molecule has 3 nitrogen and oxygen atoms in total. The Morgan fingerprint density at radius 2 is 1.94 bits per heavy atom. The monoisotopic (exact) mass is 227 g/mol. The maximum atomic E-state index is 3.31. The molecule has 0 saturated carbocycles. The SMILES string of the molecule is CC[C@@H](/C=C\CCNCNC)C(C)CNC. The quantitative estimate of drug-likeness (QED) is 0.301. The molecule has 3 N–H and O–H groups in total. The van der Waals surface area contributed by atoms with Crippen LogP contribution in [-0.4, -0.2) is 33.9 Å². The average Bonchev–Trinajstić information content (AvgIpc) is 2.28. The molecule has 16 heavy (non-hydrogen) atoms. The molecule has 0 aliphatic rings. The van der Waals surface area contributed by atoms with Crippen molar-refractivity contribution in [3.63, 3.8) is 0 Å². The maximum Gasteiger partial charge on any atom is 0.0451 e. The first kappa shape index (κ1) is 15.6. The van der Waals surface area contributed by atoms with Crippen LogP contribution < -0.4 is 16.0 Å². The molecule has 0 saturated heterocycles. The van der Waals surface area contributed by atoms with Gasteiger partial charge >= 0.3 is 0 Å².